The highest BCUT2D eigenvalue weighted by Crippen LogP contribution is 2.33. The maximum absolute atomic E-state index is 4.98. The third-order valence-corrected chi connectivity index (χ3v) is 5.83. The molecule has 1 aliphatic heterocycles. The smallest absolute Gasteiger partial charge is 0.185 e. The van der Waals surface area contributed by atoms with Crippen molar-refractivity contribution in [3.05, 3.63) is 10.6 Å². The highest BCUT2D eigenvalue weighted by atomic mass is 32.1. The fourth-order valence-corrected chi connectivity index (χ4v) is 4.13. The highest BCUT2D eigenvalue weighted by Gasteiger charge is 2.24. The average molecular weight is 311 g/mol. The lowest BCUT2D eigenvalue weighted by molar-refractivity contribution is 0.253. The summed E-state index contributed by atoms with van der Waals surface area (Å²) in [7, 11) is 6.45. The number of nitrogens with zero attached hydrogens (tertiary/aromatic N) is 3. The van der Waals surface area contributed by atoms with Gasteiger partial charge in [-0.25, -0.2) is 4.98 Å². The lowest BCUT2D eigenvalue weighted by Crippen LogP contribution is -2.41. The zero-order valence-corrected chi connectivity index (χ0v) is 15.0. The van der Waals surface area contributed by atoms with Gasteiger partial charge in [-0.1, -0.05) is 13.8 Å². The van der Waals surface area contributed by atoms with Gasteiger partial charge in [0.05, 0.1) is 5.69 Å². The van der Waals surface area contributed by atoms with Gasteiger partial charge in [0.25, 0.3) is 0 Å². The van der Waals surface area contributed by atoms with Crippen LogP contribution in [0, 0.1) is 0 Å². The summed E-state index contributed by atoms with van der Waals surface area (Å²) in [4.78, 5) is 11.2. The van der Waals surface area contributed by atoms with E-state index in [4.69, 9.17) is 4.98 Å². The molecule has 0 amide bonds. The van der Waals surface area contributed by atoms with Gasteiger partial charge < -0.3 is 15.1 Å². The van der Waals surface area contributed by atoms with Gasteiger partial charge in [-0.05, 0) is 52.4 Å². The van der Waals surface area contributed by atoms with E-state index in [9.17, 15) is 0 Å². The maximum Gasteiger partial charge on any atom is 0.185 e. The van der Waals surface area contributed by atoms with Crippen LogP contribution in [0.5, 0.6) is 0 Å². The quantitative estimate of drug-likeness (QED) is 0.875. The zero-order chi connectivity index (χ0) is 15.4. The average Bonchev–Trinajstić information content (AvgIpc) is 2.91. The second-order valence-electron chi connectivity index (χ2n) is 6.29. The monoisotopic (exact) mass is 310 g/mol. The number of thiazole rings is 1. The van der Waals surface area contributed by atoms with Crippen molar-refractivity contribution >= 4 is 16.5 Å². The van der Waals surface area contributed by atoms with Gasteiger partial charge in [-0.15, -0.1) is 11.3 Å². The van der Waals surface area contributed by atoms with Gasteiger partial charge in [0.1, 0.15) is 0 Å². The number of rotatable bonds is 6. The molecule has 1 aromatic rings. The molecular formula is C16H30N4S. The SMILES string of the molecule is CCC(C)c1nc(N(C)C2CCN(C)CC2)sc1CNC. The van der Waals surface area contributed by atoms with Crippen molar-refractivity contribution < 1.29 is 0 Å². The van der Waals surface area contributed by atoms with E-state index in [1.165, 1.54) is 41.6 Å². The molecule has 2 rings (SSSR count). The predicted octanol–water partition coefficient (Wildman–Crippen LogP) is 2.91. The molecule has 1 N–H and O–H groups in total. The van der Waals surface area contributed by atoms with Crippen LogP contribution in [0.3, 0.4) is 0 Å². The Kier molecular flexibility index (Phi) is 6.02. The van der Waals surface area contributed by atoms with Crippen molar-refractivity contribution in [2.45, 2.75) is 51.6 Å². The Bertz CT molecular complexity index is 437. The lowest BCUT2D eigenvalue weighted by Gasteiger charge is -2.34. The number of hydrogen-bond acceptors (Lipinski definition) is 5. The number of anilines is 1. The molecule has 0 saturated carbocycles. The summed E-state index contributed by atoms with van der Waals surface area (Å²) >= 11 is 1.87. The molecule has 0 radical (unpaired) electrons. The minimum atomic E-state index is 0.546. The number of aromatic nitrogens is 1. The van der Waals surface area contributed by atoms with Gasteiger partial charge in [-0.2, -0.15) is 0 Å². The summed E-state index contributed by atoms with van der Waals surface area (Å²) in [5.74, 6) is 0.546. The van der Waals surface area contributed by atoms with Gasteiger partial charge in [0.2, 0.25) is 0 Å². The second-order valence-corrected chi connectivity index (χ2v) is 7.35. The van der Waals surface area contributed by atoms with Crippen LogP contribution in [-0.4, -0.2) is 50.2 Å². The number of nitrogens with one attached hydrogen (secondary N) is 1. The van der Waals surface area contributed by atoms with Crippen molar-refractivity contribution in [1.29, 1.82) is 0 Å². The van der Waals surface area contributed by atoms with E-state index in [2.05, 4.69) is 43.1 Å². The Morgan fingerprint density at radius 2 is 2.10 bits per heavy atom. The van der Waals surface area contributed by atoms with Crippen LogP contribution in [0.2, 0.25) is 0 Å². The molecule has 2 heterocycles. The molecule has 21 heavy (non-hydrogen) atoms. The zero-order valence-electron chi connectivity index (χ0n) is 14.1. The van der Waals surface area contributed by atoms with Crippen molar-refractivity contribution in [3.8, 4) is 0 Å². The van der Waals surface area contributed by atoms with E-state index in [1.807, 2.05) is 18.4 Å². The Balaban J connectivity index is 2.15. The van der Waals surface area contributed by atoms with Gasteiger partial charge in [0.15, 0.2) is 5.13 Å². The summed E-state index contributed by atoms with van der Waals surface area (Å²) < 4.78 is 0. The summed E-state index contributed by atoms with van der Waals surface area (Å²) in [6.45, 7) is 7.85. The fraction of sp³-hybridized carbons (Fsp3) is 0.812. The molecule has 1 atom stereocenters. The molecule has 1 aliphatic rings. The minimum absolute atomic E-state index is 0.546. The maximum atomic E-state index is 4.98. The van der Waals surface area contributed by atoms with Crippen molar-refractivity contribution in [2.75, 3.05) is 39.1 Å². The molecular weight excluding hydrogens is 280 g/mol. The summed E-state index contributed by atoms with van der Waals surface area (Å²) in [5, 5.41) is 4.49. The summed E-state index contributed by atoms with van der Waals surface area (Å²) in [5.41, 5.74) is 1.30. The molecule has 1 saturated heterocycles. The highest BCUT2D eigenvalue weighted by molar-refractivity contribution is 7.15. The number of hydrogen-bond donors (Lipinski definition) is 1. The van der Waals surface area contributed by atoms with Gasteiger partial charge >= 0.3 is 0 Å². The van der Waals surface area contributed by atoms with Crippen LogP contribution >= 0.6 is 11.3 Å². The third kappa shape index (κ3) is 3.96. The third-order valence-electron chi connectivity index (χ3n) is 4.67. The van der Waals surface area contributed by atoms with Gasteiger partial charge in [-0.3, -0.25) is 0 Å². The summed E-state index contributed by atoms with van der Waals surface area (Å²) in [6, 6.07) is 0.638. The van der Waals surface area contributed by atoms with Crippen molar-refractivity contribution in [3.63, 3.8) is 0 Å². The van der Waals surface area contributed by atoms with E-state index < -0.39 is 0 Å². The molecule has 1 fully saturated rings. The topological polar surface area (TPSA) is 31.4 Å². The first-order chi connectivity index (χ1) is 10.1. The lowest BCUT2D eigenvalue weighted by atomic mass is 10.0. The molecule has 120 valence electrons. The van der Waals surface area contributed by atoms with Gasteiger partial charge in [0, 0.05) is 24.5 Å². The van der Waals surface area contributed by atoms with Crippen LogP contribution in [0.4, 0.5) is 5.13 Å². The van der Waals surface area contributed by atoms with Crippen molar-refractivity contribution in [1.82, 2.24) is 15.2 Å². The van der Waals surface area contributed by atoms with E-state index >= 15 is 0 Å². The van der Waals surface area contributed by atoms with E-state index in [-0.39, 0.29) is 0 Å². The predicted molar refractivity (Wildman–Crippen MR) is 92.5 cm³/mol. The minimum Gasteiger partial charge on any atom is -0.348 e. The normalized spacial score (nSPS) is 18.9. The van der Waals surface area contributed by atoms with E-state index in [1.54, 1.807) is 0 Å². The van der Waals surface area contributed by atoms with Crippen LogP contribution in [0.25, 0.3) is 0 Å². The molecule has 1 aromatic heterocycles. The number of likely N-dealkylation sites (tertiary alicyclic amines) is 1. The summed E-state index contributed by atoms with van der Waals surface area (Å²) in [6.07, 6.45) is 3.64. The first kappa shape index (κ1) is 16.7. The van der Waals surface area contributed by atoms with Crippen LogP contribution < -0.4 is 10.2 Å². The molecule has 0 aliphatic carbocycles. The Morgan fingerprint density at radius 1 is 1.43 bits per heavy atom. The molecule has 0 spiro atoms. The molecule has 5 heteroatoms. The van der Waals surface area contributed by atoms with E-state index in [0.717, 1.165) is 13.0 Å². The fourth-order valence-electron chi connectivity index (χ4n) is 2.91. The van der Waals surface area contributed by atoms with E-state index in [0.29, 0.717) is 12.0 Å². The Hall–Kier alpha value is -0.650. The number of piperidine rings is 1. The molecule has 0 aromatic carbocycles. The first-order valence-corrected chi connectivity index (χ1v) is 8.94. The molecule has 4 nitrogen and oxygen atoms in total. The first-order valence-electron chi connectivity index (χ1n) is 8.12. The second kappa shape index (κ2) is 7.56. The van der Waals surface area contributed by atoms with Crippen LogP contribution in [-0.2, 0) is 6.54 Å². The van der Waals surface area contributed by atoms with Crippen LogP contribution in [0.15, 0.2) is 0 Å². The largest absolute Gasteiger partial charge is 0.348 e. The van der Waals surface area contributed by atoms with Crippen LogP contribution in [0.1, 0.15) is 49.6 Å². The standard InChI is InChI=1S/C16H30N4S/c1-6-12(2)15-14(11-17-3)21-16(18-15)20(5)13-7-9-19(4)10-8-13/h12-13,17H,6-11H2,1-5H3. The molecule has 0 bridgehead atoms. The Labute approximate surface area is 133 Å². The van der Waals surface area contributed by atoms with Crippen molar-refractivity contribution in [2.24, 2.45) is 0 Å². The Morgan fingerprint density at radius 3 is 2.67 bits per heavy atom. The molecule has 1 unspecified atom stereocenters.